The summed E-state index contributed by atoms with van der Waals surface area (Å²) in [5.41, 5.74) is -0.203. The van der Waals surface area contributed by atoms with Crippen molar-refractivity contribution in [2.45, 2.75) is 18.9 Å². The third-order valence-electron chi connectivity index (χ3n) is 3.48. The first-order valence-electron chi connectivity index (χ1n) is 6.55. The second-order valence-corrected chi connectivity index (χ2v) is 5.12. The van der Waals surface area contributed by atoms with E-state index >= 15 is 0 Å². The highest BCUT2D eigenvalue weighted by molar-refractivity contribution is 6.33. The summed E-state index contributed by atoms with van der Waals surface area (Å²) in [5, 5.41) is 22.6. The van der Waals surface area contributed by atoms with Crippen molar-refractivity contribution in [3.8, 4) is 5.75 Å². The summed E-state index contributed by atoms with van der Waals surface area (Å²) >= 11 is 6.11. The van der Waals surface area contributed by atoms with Crippen LogP contribution in [0.1, 0.15) is 18.9 Å². The molecule has 110 valence electrons. The van der Waals surface area contributed by atoms with Crippen molar-refractivity contribution in [1.29, 1.82) is 0 Å². The van der Waals surface area contributed by atoms with Crippen LogP contribution in [0, 0.1) is 0 Å². The Labute approximate surface area is 128 Å². The quantitative estimate of drug-likeness (QED) is 0.785. The highest BCUT2D eigenvalue weighted by atomic mass is 35.5. The van der Waals surface area contributed by atoms with E-state index in [0.717, 1.165) is 0 Å². The van der Waals surface area contributed by atoms with Gasteiger partial charge in [0.1, 0.15) is 5.75 Å². The Morgan fingerprint density at radius 2 is 1.81 bits per heavy atom. The fourth-order valence-electron chi connectivity index (χ4n) is 2.23. The molecule has 4 nitrogen and oxygen atoms in total. The molecule has 0 saturated heterocycles. The minimum Gasteiger partial charge on any atom is -0.508 e. The lowest BCUT2D eigenvalue weighted by Gasteiger charge is -2.31. The maximum atomic E-state index is 11.9. The van der Waals surface area contributed by atoms with E-state index in [9.17, 15) is 15.0 Å². The molecular weight excluding hydrogens is 290 g/mol. The molecular formula is C16H16ClNO3. The van der Waals surface area contributed by atoms with Gasteiger partial charge in [0.2, 0.25) is 0 Å². The molecule has 0 bridgehead atoms. The van der Waals surface area contributed by atoms with Crippen molar-refractivity contribution in [3.63, 3.8) is 0 Å². The number of rotatable bonds is 5. The number of halogens is 1. The topological polar surface area (TPSA) is 69.6 Å². The third kappa shape index (κ3) is 2.95. The molecule has 0 heterocycles. The summed E-state index contributed by atoms with van der Waals surface area (Å²) in [7, 11) is 0. The molecule has 0 amide bonds. The number of phenols is 1. The summed E-state index contributed by atoms with van der Waals surface area (Å²) in [5.74, 6) is -0.914. The highest BCUT2D eigenvalue weighted by Crippen LogP contribution is 2.34. The normalized spacial score (nSPS) is 13.4. The van der Waals surface area contributed by atoms with Gasteiger partial charge in [-0.15, -0.1) is 0 Å². The van der Waals surface area contributed by atoms with E-state index in [1.54, 1.807) is 43.3 Å². The molecule has 21 heavy (non-hydrogen) atoms. The number of aliphatic carboxylic acids is 1. The van der Waals surface area contributed by atoms with E-state index in [-0.39, 0.29) is 5.75 Å². The SMILES string of the molecule is CCC(Nc1ccccc1Cl)(C(=O)O)c1ccc(O)cc1. The lowest BCUT2D eigenvalue weighted by molar-refractivity contribution is -0.142. The number of phenolic OH excluding ortho intramolecular Hbond substituents is 1. The predicted octanol–water partition coefficient (Wildman–Crippen LogP) is 3.85. The van der Waals surface area contributed by atoms with Crippen LogP contribution in [-0.4, -0.2) is 16.2 Å². The first-order chi connectivity index (χ1) is 9.99. The molecule has 2 aromatic carbocycles. The number of carboxylic acids is 1. The molecule has 0 saturated carbocycles. The molecule has 0 fully saturated rings. The number of carbonyl (C=O) groups is 1. The zero-order valence-electron chi connectivity index (χ0n) is 11.5. The van der Waals surface area contributed by atoms with Crippen LogP contribution in [0.4, 0.5) is 5.69 Å². The summed E-state index contributed by atoms with van der Waals surface area (Å²) in [6, 6.07) is 13.1. The first kappa shape index (κ1) is 15.2. The van der Waals surface area contributed by atoms with Crippen LogP contribution in [0.2, 0.25) is 5.02 Å². The Morgan fingerprint density at radius 3 is 2.33 bits per heavy atom. The van der Waals surface area contributed by atoms with E-state index < -0.39 is 11.5 Å². The van der Waals surface area contributed by atoms with Gasteiger partial charge < -0.3 is 15.5 Å². The molecule has 0 spiro atoms. The van der Waals surface area contributed by atoms with Gasteiger partial charge >= 0.3 is 5.97 Å². The zero-order valence-corrected chi connectivity index (χ0v) is 12.3. The highest BCUT2D eigenvalue weighted by Gasteiger charge is 2.39. The largest absolute Gasteiger partial charge is 0.508 e. The molecule has 3 N–H and O–H groups in total. The Bertz CT molecular complexity index is 642. The summed E-state index contributed by atoms with van der Waals surface area (Å²) in [4.78, 5) is 11.9. The second-order valence-electron chi connectivity index (χ2n) is 4.72. The Morgan fingerprint density at radius 1 is 1.19 bits per heavy atom. The number of nitrogens with one attached hydrogen (secondary N) is 1. The van der Waals surface area contributed by atoms with Crippen molar-refractivity contribution in [2.24, 2.45) is 0 Å². The fraction of sp³-hybridized carbons (Fsp3) is 0.188. The van der Waals surface area contributed by atoms with Crippen LogP contribution in [0.25, 0.3) is 0 Å². The Hall–Kier alpha value is -2.20. The molecule has 0 aliphatic rings. The van der Waals surface area contributed by atoms with Gasteiger partial charge in [0.15, 0.2) is 5.54 Å². The van der Waals surface area contributed by atoms with Crippen LogP contribution >= 0.6 is 11.6 Å². The standard InChI is InChI=1S/C16H16ClNO3/c1-2-16(15(20)21,11-7-9-12(19)10-8-11)18-14-6-4-3-5-13(14)17/h3-10,18-19H,2H2,1H3,(H,20,21). The molecule has 1 atom stereocenters. The van der Waals surface area contributed by atoms with Gasteiger partial charge in [0, 0.05) is 0 Å². The van der Waals surface area contributed by atoms with Crippen molar-refractivity contribution >= 4 is 23.3 Å². The van der Waals surface area contributed by atoms with Crippen LogP contribution in [-0.2, 0) is 10.3 Å². The molecule has 2 rings (SSSR count). The van der Waals surface area contributed by atoms with E-state index in [1.807, 2.05) is 0 Å². The van der Waals surface area contributed by atoms with Gasteiger partial charge in [-0.2, -0.15) is 0 Å². The third-order valence-corrected chi connectivity index (χ3v) is 3.81. The molecule has 2 aromatic rings. The molecule has 0 aliphatic carbocycles. The van der Waals surface area contributed by atoms with Crippen molar-refractivity contribution in [3.05, 3.63) is 59.1 Å². The van der Waals surface area contributed by atoms with Crippen molar-refractivity contribution in [1.82, 2.24) is 0 Å². The Balaban J connectivity index is 2.50. The second kappa shape index (κ2) is 6.06. The number of aromatic hydroxyl groups is 1. The molecule has 1 unspecified atom stereocenters. The van der Waals surface area contributed by atoms with Gasteiger partial charge in [0.05, 0.1) is 10.7 Å². The molecule has 0 aromatic heterocycles. The first-order valence-corrected chi connectivity index (χ1v) is 6.93. The van der Waals surface area contributed by atoms with Gasteiger partial charge in [-0.25, -0.2) is 4.79 Å². The molecule has 0 radical (unpaired) electrons. The lowest BCUT2D eigenvalue weighted by atomic mass is 9.86. The van der Waals surface area contributed by atoms with E-state index in [0.29, 0.717) is 22.7 Å². The number of anilines is 1. The maximum absolute atomic E-state index is 11.9. The average Bonchev–Trinajstić information content (AvgIpc) is 2.47. The summed E-state index contributed by atoms with van der Waals surface area (Å²) < 4.78 is 0. The minimum absolute atomic E-state index is 0.0897. The number of hydrogen-bond acceptors (Lipinski definition) is 3. The van der Waals surface area contributed by atoms with Crippen molar-refractivity contribution < 1.29 is 15.0 Å². The number of benzene rings is 2. The van der Waals surface area contributed by atoms with Crippen molar-refractivity contribution in [2.75, 3.05) is 5.32 Å². The van der Waals surface area contributed by atoms with Gasteiger partial charge in [0.25, 0.3) is 0 Å². The smallest absolute Gasteiger partial charge is 0.334 e. The van der Waals surface area contributed by atoms with Gasteiger partial charge in [-0.1, -0.05) is 42.8 Å². The Kier molecular flexibility index (Phi) is 4.38. The summed E-state index contributed by atoms with van der Waals surface area (Å²) in [6.07, 6.45) is 0.318. The van der Waals surface area contributed by atoms with E-state index in [4.69, 9.17) is 11.6 Å². The molecule has 0 aliphatic heterocycles. The van der Waals surface area contributed by atoms with Gasteiger partial charge in [-0.3, -0.25) is 0 Å². The maximum Gasteiger partial charge on any atom is 0.334 e. The van der Waals surface area contributed by atoms with Crippen LogP contribution < -0.4 is 5.32 Å². The van der Waals surface area contributed by atoms with E-state index in [2.05, 4.69) is 5.32 Å². The number of para-hydroxylation sites is 1. The van der Waals surface area contributed by atoms with E-state index in [1.165, 1.54) is 12.1 Å². The predicted molar refractivity (Wildman–Crippen MR) is 82.8 cm³/mol. The minimum atomic E-state index is -1.31. The lowest BCUT2D eigenvalue weighted by Crippen LogP contribution is -2.43. The fourth-order valence-corrected chi connectivity index (χ4v) is 2.41. The zero-order chi connectivity index (χ0) is 15.5. The van der Waals surface area contributed by atoms with Crippen LogP contribution in [0.5, 0.6) is 5.75 Å². The monoisotopic (exact) mass is 305 g/mol. The molecule has 5 heteroatoms. The summed E-state index contributed by atoms with van der Waals surface area (Å²) in [6.45, 7) is 1.78. The average molecular weight is 306 g/mol. The number of hydrogen-bond donors (Lipinski definition) is 3. The van der Waals surface area contributed by atoms with Crippen LogP contribution in [0.15, 0.2) is 48.5 Å². The van der Waals surface area contributed by atoms with Gasteiger partial charge in [-0.05, 0) is 36.2 Å². The number of carboxylic acid groups (broad SMARTS) is 1. The van der Waals surface area contributed by atoms with Crippen LogP contribution in [0.3, 0.4) is 0 Å².